The molecule has 16 saturated heterocycles. The molecular formula is C48H84S12. The van der Waals surface area contributed by atoms with Crippen molar-refractivity contribution in [1.82, 2.24) is 0 Å². The Bertz CT molecular complexity index is 768. The monoisotopic (exact) mass is 1040 g/mol. The lowest BCUT2D eigenvalue weighted by molar-refractivity contribution is 0.315. The van der Waals surface area contributed by atoms with E-state index in [9.17, 15) is 0 Å². The first-order valence-corrected chi connectivity index (χ1v) is 40.1. The average molecular weight is 1050 g/mol. The Morgan fingerprint density at radius 1 is 0.117 bits per heavy atom. The summed E-state index contributed by atoms with van der Waals surface area (Å²) in [6, 6.07) is 0. The lowest BCUT2D eigenvalue weighted by atomic mass is 9.84. The van der Waals surface area contributed by atoms with E-state index in [2.05, 4.69) is 130 Å². The molecule has 22 fully saturated rings. The fraction of sp³-hybridized carbons (Fsp3) is 1.00. The maximum atomic E-state index is 2.24. The first-order valence-electron chi connectivity index (χ1n) is 25.2. The number of hydrogen-bond acceptors (Lipinski definition) is 12. The smallest absolute Gasteiger partial charge is 0.00653 e. The van der Waals surface area contributed by atoms with E-state index in [1.54, 1.807) is 0 Å². The summed E-state index contributed by atoms with van der Waals surface area (Å²) < 4.78 is 0. The molecular weight excluding hydrogens is 961 g/mol. The molecule has 6 saturated carbocycles. The third-order valence-electron chi connectivity index (χ3n) is 15.9. The van der Waals surface area contributed by atoms with Gasteiger partial charge in [0.25, 0.3) is 0 Å². The number of rotatable bonds is 0. The van der Waals surface area contributed by atoms with E-state index < -0.39 is 0 Å². The Labute approximate surface area is 419 Å². The van der Waals surface area contributed by atoms with Crippen LogP contribution in [0.1, 0.15) is 154 Å². The minimum absolute atomic E-state index is 0.998. The van der Waals surface area contributed by atoms with Crippen molar-refractivity contribution in [2.45, 2.75) is 154 Å². The van der Waals surface area contributed by atoms with Crippen LogP contribution < -0.4 is 0 Å². The molecule has 0 aromatic rings. The summed E-state index contributed by atoms with van der Waals surface area (Å²) in [6.07, 6.45) is 36.1. The predicted molar refractivity (Wildman–Crippen MR) is 302 cm³/mol. The molecule has 22 aliphatic rings. The first kappa shape index (κ1) is 52.0. The average Bonchev–Trinajstić information content (AvgIpc) is 3.29. The Morgan fingerprint density at radius 3 is 0.250 bits per heavy atom. The van der Waals surface area contributed by atoms with Crippen molar-refractivity contribution in [3.8, 4) is 0 Å². The summed E-state index contributed by atoms with van der Waals surface area (Å²) in [5.41, 5.74) is 0. The maximum absolute atomic E-state index is 2.24. The standard InChI is InChI=1S/C48H84S12/c1-2-38-4-3-37(1)25-49-51-27-39-5-7-41(8-6-39)29-53-55-31-43-13-15-45(16-14-43)33-57-59-35-47-21-23-48(24-22-47)36-60-58-34-46-19-17-44(18-20-46)32-56-54-30-42-11-9-40(10-12-42)28-52-50-26-38/h37-48H,1-36H2/t37-,38+,39-,40-,41+,42+,43-,44-,45+,46+,47-,48+. The SMILES string of the molecule is C1C[C@H]2CC[C@@H]1CSSC[C@@H]1CC[C@@H](CC1)CSSC[C@@H]1CC[C@@H](CC1)CSSC[C@@H]1CC[C@@H](CC1)CSSC[C@@H]1CC[C@@H](CC1)CSSC[C@@H]1CC[C@@H](CC1)CSSC2. The minimum atomic E-state index is 0.998. The van der Waals surface area contributed by atoms with E-state index in [1.165, 1.54) is 223 Å². The molecule has 0 nitrogen and oxygen atoms in total. The van der Waals surface area contributed by atoms with E-state index in [-0.39, 0.29) is 0 Å². The summed E-state index contributed by atoms with van der Waals surface area (Å²) in [7, 11) is 26.9. The fourth-order valence-electron chi connectivity index (χ4n) is 11.1. The Kier molecular flexibility index (Phi) is 27.3. The second-order valence-electron chi connectivity index (χ2n) is 20.7. The topological polar surface area (TPSA) is 0 Å². The third kappa shape index (κ3) is 20.7. The highest BCUT2D eigenvalue weighted by atomic mass is 33.1. The van der Waals surface area contributed by atoms with Gasteiger partial charge in [0, 0.05) is 69.0 Å². The van der Waals surface area contributed by atoms with Gasteiger partial charge in [0.15, 0.2) is 0 Å². The molecule has 0 N–H and O–H groups in total. The zero-order valence-electron chi connectivity index (χ0n) is 37.3. The van der Waals surface area contributed by atoms with Crippen molar-refractivity contribution in [2.24, 2.45) is 71.0 Å². The van der Waals surface area contributed by atoms with Crippen molar-refractivity contribution in [3.63, 3.8) is 0 Å². The molecule has 0 amide bonds. The third-order valence-corrected chi connectivity index (χ3v) is 32.1. The largest absolute Gasteiger partial charge is 0.0939 e. The molecule has 0 atom stereocenters. The molecule has 0 spiro atoms. The van der Waals surface area contributed by atoms with Gasteiger partial charge in [-0.25, -0.2) is 0 Å². The summed E-state index contributed by atoms with van der Waals surface area (Å²) >= 11 is 0. The maximum Gasteiger partial charge on any atom is 0.00653 e. The van der Waals surface area contributed by atoms with Crippen molar-refractivity contribution in [2.75, 3.05) is 69.0 Å². The summed E-state index contributed by atoms with van der Waals surface area (Å²) in [4.78, 5) is 0. The van der Waals surface area contributed by atoms with Crippen LogP contribution in [0.25, 0.3) is 0 Å². The van der Waals surface area contributed by atoms with Crippen molar-refractivity contribution < 1.29 is 0 Å². The lowest BCUT2D eigenvalue weighted by Crippen LogP contribution is -2.19. The van der Waals surface area contributed by atoms with Gasteiger partial charge >= 0.3 is 0 Å². The Morgan fingerprint density at radius 2 is 0.183 bits per heavy atom. The Hall–Kier alpha value is 4.20. The van der Waals surface area contributed by atoms with E-state index in [0.717, 1.165) is 71.0 Å². The van der Waals surface area contributed by atoms with Crippen LogP contribution in [-0.2, 0) is 0 Å². The van der Waals surface area contributed by atoms with Gasteiger partial charge in [0.2, 0.25) is 0 Å². The highest BCUT2D eigenvalue weighted by Crippen LogP contribution is 2.45. The summed E-state index contributed by atoms with van der Waals surface area (Å²) in [6.45, 7) is 0. The van der Waals surface area contributed by atoms with Crippen LogP contribution in [0.5, 0.6) is 0 Å². The van der Waals surface area contributed by atoms with E-state index >= 15 is 0 Å². The van der Waals surface area contributed by atoms with Gasteiger partial charge in [-0.3, -0.25) is 0 Å². The normalized spacial score (nSPS) is 40.8. The van der Waals surface area contributed by atoms with Crippen molar-refractivity contribution >= 4 is 130 Å². The zero-order valence-corrected chi connectivity index (χ0v) is 47.1. The van der Waals surface area contributed by atoms with Crippen LogP contribution >= 0.6 is 130 Å². The minimum Gasteiger partial charge on any atom is -0.0939 e. The summed E-state index contributed by atoms with van der Waals surface area (Å²) in [5, 5.41) is 0. The predicted octanol–water partition coefficient (Wildman–Crippen LogP) is 19.1. The van der Waals surface area contributed by atoms with Crippen molar-refractivity contribution in [3.05, 3.63) is 0 Å². The fourth-order valence-corrected chi connectivity index (χ4v) is 29.0. The van der Waals surface area contributed by atoms with Gasteiger partial charge in [-0.05, 0) is 225 Å². The van der Waals surface area contributed by atoms with E-state index in [4.69, 9.17) is 0 Å². The molecule has 16 heterocycles. The van der Waals surface area contributed by atoms with Gasteiger partial charge in [0.1, 0.15) is 0 Å². The highest BCUT2D eigenvalue weighted by Gasteiger charge is 2.28. The molecule has 0 aromatic heterocycles. The lowest BCUT2D eigenvalue weighted by Gasteiger charge is -2.30. The van der Waals surface area contributed by atoms with Gasteiger partial charge in [0.05, 0.1) is 0 Å². The molecule has 348 valence electrons. The molecule has 12 bridgehead atoms. The molecule has 0 unspecified atom stereocenters. The van der Waals surface area contributed by atoms with Crippen molar-refractivity contribution in [1.29, 1.82) is 0 Å². The Balaban J connectivity index is 0.755. The molecule has 22 rings (SSSR count). The van der Waals surface area contributed by atoms with Gasteiger partial charge in [-0.1, -0.05) is 130 Å². The van der Waals surface area contributed by atoms with Crippen LogP contribution in [0.3, 0.4) is 0 Å². The second-order valence-corrected chi connectivity index (χ2v) is 36.0. The van der Waals surface area contributed by atoms with Gasteiger partial charge in [-0.15, -0.1) is 0 Å². The molecule has 60 heavy (non-hydrogen) atoms. The first-order chi connectivity index (χ1) is 29.7. The van der Waals surface area contributed by atoms with Gasteiger partial charge < -0.3 is 0 Å². The molecule has 0 aromatic carbocycles. The molecule has 6 aliphatic carbocycles. The van der Waals surface area contributed by atoms with Crippen LogP contribution in [0, 0.1) is 71.0 Å². The molecule has 16 aliphatic heterocycles. The highest BCUT2D eigenvalue weighted by molar-refractivity contribution is 8.78. The summed E-state index contributed by atoms with van der Waals surface area (Å²) in [5.74, 6) is 29.0. The quantitative estimate of drug-likeness (QED) is 0.212. The van der Waals surface area contributed by atoms with Crippen LogP contribution in [0.15, 0.2) is 0 Å². The zero-order chi connectivity index (χ0) is 40.9. The number of hydrogen-bond donors (Lipinski definition) is 0. The van der Waals surface area contributed by atoms with E-state index in [0.29, 0.717) is 0 Å². The van der Waals surface area contributed by atoms with Crippen LogP contribution in [0.4, 0.5) is 0 Å². The van der Waals surface area contributed by atoms with Crippen LogP contribution in [0.2, 0.25) is 0 Å². The molecule has 0 radical (unpaired) electrons. The van der Waals surface area contributed by atoms with E-state index in [1.807, 2.05) is 0 Å². The van der Waals surface area contributed by atoms with Gasteiger partial charge in [-0.2, -0.15) is 0 Å². The van der Waals surface area contributed by atoms with Crippen LogP contribution in [-0.4, -0.2) is 69.0 Å². The molecule has 12 heteroatoms. The second kappa shape index (κ2) is 31.4.